The Labute approximate surface area is 121 Å². The van der Waals surface area contributed by atoms with Gasteiger partial charge in [0.1, 0.15) is 5.75 Å². The van der Waals surface area contributed by atoms with Gasteiger partial charge in [0.2, 0.25) is 5.88 Å². The Morgan fingerprint density at radius 3 is 2.74 bits per heavy atom. The van der Waals surface area contributed by atoms with Gasteiger partial charge in [0.25, 0.3) is 0 Å². The molecular weight excluding hydrogens is 304 g/mol. The maximum atomic E-state index is 5.74. The molecular formula is C15H15BrN2O. The van der Waals surface area contributed by atoms with Crippen LogP contribution in [0.1, 0.15) is 18.4 Å². The molecule has 0 radical (unpaired) electrons. The Hall–Kier alpha value is -1.39. The van der Waals surface area contributed by atoms with Gasteiger partial charge in [-0.05, 0) is 48.7 Å². The number of hydrogen-bond acceptors (Lipinski definition) is 3. The van der Waals surface area contributed by atoms with Crippen LogP contribution >= 0.6 is 15.9 Å². The average molecular weight is 319 g/mol. The van der Waals surface area contributed by atoms with Crippen LogP contribution in [-0.4, -0.2) is 11.0 Å². The van der Waals surface area contributed by atoms with Crippen molar-refractivity contribution < 1.29 is 4.74 Å². The van der Waals surface area contributed by atoms with E-state index in [4.69, 9.17) is 4.74 Å². The van der Waals surface area contributed by atoms with Gasteiger partial charge in [0, 0.05) is 29.3 Å². The first-order chi connectivity index (χ1) is 9.29. The number of ether oxygens (including phenoxy) is 1. The van der Waals surface area contributed by atoms with E-state index in [0.717, 1.165) is 16.8 Å². The van der Waals surface area contributed by atoms with Crippen molar-refractivity contribution in [2.24, 2.45) is 0 Å². The van der Waals surface area contributed by atoms with Gasteiger partial charge in [-0.3, -0.25) is 0 Å². The fraction of sp³-hybridized carbons (Fsp3) is 0.267. The Balaban J connectivity index is 1.66. The van der Waals surface area contributed by atoms with Gasteiger partial charge < -0.3 is 10.1 Å². The first-order valence-corrected chi connectivity index (χ1v) is 7.21. The molecule has 3 nitrogen and oxygen atoms in total. The van der Waals surface area contributed by atoms with Gasteiger partial charge in [0.05, 0.1) is 0 Å². The van der Waals surface area contributed by atoms with E-state index < -0.39 is 0 Å². The Bertz CT molecular complexity index is 552. The first kappa shape index (κ1) is 12.6. The molecule has 0 unspecified atom stereocenters. The lowest BCUT2D eigenvalue weighted by Crippen LogP contribution is -2.15. The standard InChI is InChI=1S/C15H15BrN2O/c16-12-1-5-14(6-2-12)19-15-9-11(7-8-17-15)10-18-13-3-4-13/h1-2,5-9,13,18H,3-4,10H2. The second-order valence-corrected chi connectivity index (χ2v) is 5.63. The van der Waals surface area contributed by atoms with E-state index in [1.807, 2.05) is 36.4 Å². The molecule has 0 aliphatic heterocycles. The zero-order valence-corrected chi connectivity index (χ0v) is 12.1. The molecule has 1 heterocycles. The van der Waals surface area contributed by atoms with Crippen LogP contribution in [0.2, 0.25) is 0 Å². The minimum atomic E-state index is 0.636. The second-order valence-electron chi connectivity index (χ2n) is 4.71. The summed E-state index contributed by atoms with van der Waals surface area (Å²) in [5.41, 5.74) is 1.20. The Morgan fingerprint density at radius 2 is 2.00 bits per heavy atom. The van der Waals surface area contributed by atoms with Crippen molar-refractivity contribution in [1.82, 2.24) is 10.3 Å². The number of aromatic nitrogens is 1. The van der Waals surface area contributed by atoms with Crippen molar-refractivity contribution in [3.05, 3.63) is 52.6 Å². The maximum absolute atomic E-state index is 5.74. The van der Waals surface area contributed by atoms with Gasteiger partial charge in [-0.15, -0.1) is 0 Å². The van der Waals surface area contributed by atoms with E-state index in [-0.39, 0.29) is 0 Å². The van der Waals surface area contributed by atoms with Gasteiger partial charge in [-0.25, -0.2) is 4.98 Å². The molecule has 4 heteroatoms. The summed E-state index contributed by atoms with van der Waals surface area (Å²) < 4.78 is 6.77. The zero-order valence-electron chi connectivity index (χ0n) is 10.5. The number of halogens is 1. The van der Waals surface area contributed by atoms with Crippen LogP contribution in [0.25, 0.3) is 0 Å². The predicted octanol–water partition coefficient (Wildman–Crippen LogP) is 3.89. The number of pyridine rings is 1. The number of rotatable bonds is 5. The van der Waals surface area contributed by atoms with Crippen LogP contribution in [0.4, 0.5) is 0 Å². The van der Waals surface area contributed by atoms with Crippen LogP contribution in [0.5, 0.6) is 11.6 Å². The monoisotopic (exact) mass is 318 g/mol. The van der Waals surface area contributed by atoms with E-state index in [9.17, 15) is 0 Å². The molecule has 1 aromatic heterocycles. The summed E-state index contributed by atoms with van der Waals surface area (Å²) in [6.45, 7) is 0.879. The second kappa shape index (κ2) is 5.72. The van der Waals surface area contributed by atoms with Crippen LogP contribution in [-0.2, 0) is 6.54 Å². The third kappa shape index (κ3) is 3.78. The van der Waals surface area contributed by atoms with Crippen LogP contribution in [0.15, 0.2) is 47.1 Å². The number of benzene rings is 1. The number of nitrogens with one attached hydrogen (secondary N) is 1. The Morgan fingerprint density at radius 1 is 1.21 bits per heavy atom. The molecule has 1 fully saturated rings. The van der Waals surface area contributed by atoms with E-state index in [0.29, 0.717) is 11.9 Å². The molecule has 3 rings (SSSR count). The summed E-state index contributed by atoms with van der Waals surface area (Å²) in [6.07, 6.45) is 4.39. The molecule has 2 aromatic rings. The molecule has 1 aliphatic carbocycles. The van der Waals surface area contributed by atoms with Crippen LogP contribution in [0, 0.1) is 0 Å². The highest BCUT2D eigenvalue weighted by molar-refractivity contribution is 9.10. The molecule has 1 aliphatic rings. The van der Waals surface area contributed by atoms with Crippen molar-refractivity contribution in [2.75, 3.05) is 0 Å². The highest BCUT2D eigenvalue weighted by Crippen LogP contribution is 2.23. The molecule has 1 saturated carbocycles. The smallest absolute Gasteiger partial charge is 0.219 e. The maximum Gasteiger partial charge on any atom is 0.219 e. The molecule has 1 N–H and O–H groups in total. The molecule has 0 amide bonds. The lowest BCUT2D eigenvalue weighted by Gasteiger charge is -2.07. The molecule has 0 bridgehead atoms. The lowest BCUT2D eigenvalue weighted by atomic mass is 10.2. The van der Waals surface area contributed by atoms with Crippen LogP contribution < -0.4 is 10.1 Å². The molecule has 0 saturated heterocycles. The predicted molar refractivity (Wildman–Crippen MR) is 78.3 cm³/mol. The van der Waals surface area contributed by atoms with Gasteiger partial charge in [-0.2, -0.15) is 0 Å². The summed E-state index contributed by atoms with van der Waals surface area (Å²) in [5.74, 6) is 1.43. The highest BCUT2D eigenvalue weighted by atomic mass is 79.9. The molecule has 0 spiro atoms. The summed E-state index contributed by atoms with van der Waals surface area (Å²) in [7, 11) is 0. The summed E-state index contributed by atoms with van der Waals surface area (Å²) in [5, 5.41) is 3.48. The fourth-order valence-electron chi connectivity index (χ4n) is 1.79. The van der Waals surface area contributed by atoms with E-state index in [2.05, 4.69) is 26.2 Å². The third-order valence-electron chi connectivity index (χ3n) is 3.01. The summed E-state index contributed by atoms with van der Waals surface area (Å²) >= 11 is 3.40. The SMILES string of the molecule is Brc1ccc(Oc2cc(CNC3CC3)ccn2)cc1. The van der Waals surface area contributed by atoms with Crippen molar-refractivity contribution in [3.63, 3.8) is 0 Å². The van der Waals surface area contributed by atoms with Crippen molar-refractivity contribution >= 4 is 15.9 Å². The molecule has 1 aromatic carbocycles. The summed E-state index contributed by atoms with van der Waals surface area (Å²) in [4.78, 5) is 4.24. The third-order valence-corrected chi connectivity index (χ3v) is 3.54. The topological polar surface area (TPSA) is 34.1 Å². The largest absolute Gasteiger partial charge is 0.439 e. The molecule has 98 valence electrons. The minimum absolute atomic E-state index is 0.636. The normalized spacial score (nSPS) is 14.4. The zero-order chi connectivity index (χ0) is 13.1. The minimum Gasteiger partial charge on any atom is -0.439 e. The first-order valence-electron chi connectivity index (χ1n) is 6.41. The van der Waals surface area contributed by atoms with Crippen molar-refractivity contribution in [2.45, 2.75) is 25.4 Å². The number of hydrogen-bond donors (Lipinski definition) is 1. The van der Waals surface area contributed by atoms with Gasteiger partial charge in [0.15, 0.2) is 0 Å². The van der Waals surface area contributed by atoms with Gasteiger partial charge >= 0.3 is 0 Å². The Kier molecular flexibility index (Phi) is 3.80. The van der Waals surface area contributed by atoms with Crippen molar-refractivity contribution in [3.8, 4) is 11.6 Å². The van der Waals surface area contributed by atoms with Crippen LogP contribution in [0.3, 0.4) is 0 Å². The quantitative estimate of drug-likeness (QED) is 0.908. The highest BCUT2D eigenvalue weighted by Gasteiger charge is 2.19. The van der Waals surface area contributed by atoms with Gasteiger partial charge in [-0.1, -0.05) is 15.9 Å². The number of nitrogens with zero attached hydrogens (tertiary/aromatic N) is 1. The molecule has 0 atom stereocenters. The van der Waals surface area contributed by atoms with E-state index >= 15 is 0 Å². The summed E-state index contributed by atoms with van der Waals surface area (Å²) in [6, 6.07) is 12.5. The molecule has 19 heavy (non-hydrogen) atoms. The lowest BCUT2D eigenvalue weighted by molar-refractivity contribution is 0.461. The fourth-order valence-corrected chi connectivity index (χ4v) is 2.05. The van der Waals surface area contributed by atoms with E-state index in [1.165, 1.54) is 18.4 Å². The van der Waals surface area contributed by atoms with E-state index in [1.54, 1.807) is 6.20 Å². The van der Waals surface area contributed by atoms with Crippen molar-refractivity contribution in [1.29, 1.82) is 0 Å². The average Bonchev–Trinajstić information content (AvgIpc) is 3.24.